The molecule has 1 aromatic heterocycles. The molecule has 0 saturated carbocycles. The molecule has 6 N–H and O–H groups in total. The molecule has 2 unspecified atom stereocenters. The van der Waals surface area contributed by atoms with Gasteiger partial charge in [-0.15, -0.1) is 0 Å². The summed E-state index contributed by atoms with van der Waals surface area (Å²) >= 11 is 10.3. The van der Waals surface area contributed by atoms with E-state index in [9.17, 15) is 0 Å². The highest BCUT2D eigenvalue weighted by Gasteiger charge is 2.22. The topological polar surface area (TPSA) is 90.0 Å². The van der Waals surface area contributed by atoms with Crippen molar-refractivity contribution in [3.63, 3.8) is 0 Å². The van der Waals surface area contributed by atoms with Crippen LogP contribution in [-0.2, 0) is 7.05 Å². The Labute approximate surface area is 148 Å². The molecule has 0 aliphatic heterocycles. The number of nitrogens with one attached hydrogen (secondary N) is 6. The van der Waals surface area contributed by atoms with Gasteiger partial charge in [-0.05, 0) is 45.2 Å². The van der Waals surface area contributed by atoms with Gasteiger partial charge in [-0.2, -0.15) is 0 Å². The Morgan fingerprint density at radius 1 is 1.13 bits per heavy atom. The van der Waals surface area contributed by atoms with Crippen molar-refractivity contribution in [3.05, 3.63) is 18.2 Å². The van der Waals surface area contributed by atoms with E-state index in [1.807, 2.05) is 38.6 Å². The minimum Gasteiger partial charge on any atom is -0.362 e. The zero-order valence-corrected chi connectivity index (χ0v) is 15.6. The summed E-state index contributed by atoms with van der Waals surface area (Å²) < 4.78 is 1.95. The van der Waals surface area contributed by atoms with Gasteiger partial charge in [-0.3, -0.25) is 10.9 Å². The molecule has 0 aliphatic carbocycles. The predicted molar refractivity (Wildman–Crippen MR) is 101 cm³/mol. The van der Waals surface area contributed by atoms with Crippen molar-refractivity contribution in [1.82, 2.24) is 41.9 Å². The summed E-state index contributed by atoms with van der Waals surface area (Å²) in [5.41, 5.74) is 13.4. The van der Waals surface area contributed by atoms with Crippen LogP contribution in [0, 0.1) is 0 Å². The normalized spacial score (nSPS) is 13.0. The van der Waals surface area contributed by atoms with Crippen molar-refractivity contribution in [3.8, 4) is 0 Å². The highest BCUT2D eigenvalue weighted by atomic mass is 32.1. The minimum absolute atomic E-state index is 0.000988. The van der Waals surface area contributed by atoms with Gasteiger partial charge in [0.05, 0.1) is 18.1 Å². The van der Waals surface area contributed by atoms with Crippen LogP contribution in [0.2, 0.25) is 0 Å². The van der Waals surface area contributed by atoms with Crippen molar-refractivity contribution in [2.45, 2.75) is 32.9 Å². The third kappa shape index (κ3) is 6.65. The van der Waals surface area contributed by atoms with Gasteiger partial charge < -0.3 is 15.2 Å². The number of hydrazine groups is 2. The van der Waals surface area contributed by atoms with Crippen molar-refractivity contribution >= 4 is 34.7 Å². The van der Waals surface area contributed by atoms with Crippen LogP contribution in [0.15, 0.2) is 12.5 Å². The van der Waals surface area contributed by atoms with Crippen LogP contribution in [0.3, 0.4) is 0 Å². The van der Waals surface area contributed by atoms with E-state index in [1.165, 1.54) is 0 Å². The van der Waals surface area contributed by atoms with E-state index in [-0.39, 0.29) is 12.1 Å². The average molecular weight is 359 g/mol. The van der Waals surface area contributed by atoms with Crippen LogP contribution < -0.4 is 32.3 Å². The second kappa shape index (κ2) is 10.3. The molecule has 10 heteroatoms. The summed E-state index contributed by atoms with van der Waals surface area (Å²) in [5.74, 6) is 0. The van der Waals surface area contributed by atoms with Gasteiger partial charge in [-0.25, -0.2) is 15.8 Å². The molecule has 8 nitrogen and oxygen atoms in total. The lowest BCUT2D eigenvalue weighted by Crippen LogP contribution is -2.55. The fraction of sp³-hybridized carbons (Fsp3) is 0.615. The number of aromatic nitrogens is 2. The molecule has 23 heavy (non-hydrogen) atoms. The molecule has 1 rings (SSSR count). The predicted octanol–water partition coefficient (Wildman–Crippen LogP) is -0.173. The van der Waals surface area contributed by atoms with Gasteiger partial charge in [0.15, 0.2) is 10.2 Å². The molecule has 0 fully saturated rings. The first kappa shape index (κ1) is 19.6. The Hall–Kier alpha value is -1.49. The fourth-order valence-electron chi connectivity index (χ4n) is 1.94. The molecular formula is C13H26N8S2. The summed E-state index contributed by atoms with van der Waals surface area (Å²) in [6, 6.07) is -0.0880. The van der Waals surface area contributed by atoms with Gasteiger partial charge in [0.1, 0.15) is 0 Å². The summed E-state index contributed by atoms with van der Waals surface area (Å²) in [6.07, 6.45) is 3.58. The van der Waals surface area contributed by atoms with E-state index in [4.69, 9.17) is 24.4 Å². The van der Waals surface area contributed by atoms with E-state index < -0.39 is 0 Å². The number of hydrogen-bond acceptors (Lipinski definition) is 5. The smallest absolute Gasteiger partial charge is 0.180 e. The van der Waals surface area contributed by atoms with Crippen LogP contribution in [0.4, 0.5) is 0 Å². The van der Waals surface area contributed by atoms with Crippen LogP contribution in [-0.4, -0.2) is 38.9 Å². The van der Waals surface area contributed by atoms with E-state index in [0.29, 0.717) is 10.2 Å². The lowest BCUT2D eigenvalue weighted by Gasteiger charge is -2.27. The molecule has 0 radical (unpaired) electrons. The Morgan fingerprint density at radius 2 is 1.70 bits per heavy atom. The van der Waals surface area contributed by atoms with Gasteiger partial charge in [0, 0.05) is 32.4 Å². The number of aryl methyl sites for hydroxylation is 1. The number of rotatable bonds is 8. The monoisotopic (exact) mass is 358 g/mol. The molecule has 0 spiro atoms. The van der Waals surface area contributed by atoms with Crippen LogP contribution >= 0.6 is 24.4 Å². The average Bonchev–Trinajstić information content (AvgIpc) is 2.92. The Kier molecular flexibility index (Phi) is 8.77. The second-order valence-corrected chi connectivity index (χ2v) is 5.77. The minimum atomic E-state index is -0.0870. The number of nitrogens with zero attached hydrogens (tertiary/aromatic N) is 2. The molecule has 1 aromatic rings. The maximum Gasteiger partial charge on any atom is 0.180 e. The molecule has 0 bridgehead atoms. The van der Waals surface area contributed by atoms with E-state index >= 15 is 0 Å². The summed E-state index contributed by atoms with van der Waals surface area (Å²) in [4.78, 5) is 4.17. The van der Waals surface area contributed by atoms with Gasteiger partial charge in [-0.1, -0.05) is 0 Å². The van der Waals surface area contributed by atoms with Crippen molar-refractivity contribution in [2.24, 2.45) is 7.05 Å². The lowest BCUT2D eigenvalue weighted by molar-refractivity contribution is 0.357. The first-order valence-electron chi connectivity index (χ1n) is 7.54. The highest BCUT2D eigenvalue weighted by molar-refractivity contribution is 7.80. The largest absolute Gasteiger partial charge is 0.362 e. The molecule has 130 valence electrons. The van der Waals surface area contributed by atoms with Gasteiger partial charge in [0.25, 0.3) is 0 Å². The number of thiocarbonyl (C=S) groups is 2. The summed E-state index contributed by atoms with van der Waals surface area (Å²) in [7, 11) is 1.95. The maximum atomic E-state index is 5.19. The lowest BCUT2D eigenvalue weighted by atomic mass is 10.1. The van der Waals surface area contributed by atoms with Gasteiger partial charge >= 0.3 is 0 Å². The van der Waals surface area contributed by atoms with Crippen molar-refractivity contribution in [1.29, 1.82) is 0 Å². The molecule has 0 amide bonds. The standard InChI is InChI=1S/C13H26N8S2/c1-5-15-12(22)19-17-9(3)11(10-7-14-8-21(10)4)18-20-13(23)16-6-2/h7-9,11,17-18H,5-6H2,1-4H3,(H2,15,19,22)(H2,16,20,23). The number of hydrogen-bond donors (Lipinski definition) is 6. The molecule has 1 heterocycles. The molecule has 0 aromatic carbocycles. The molecule has 0 saturated heterocycles. The molecular weight excluding hydrogens is 332 g/mol. The third-order valence-corrected chi connectivity index (χ3v) is 3.59. The van der Waals surface area contributed by atoms with Crippen LogP contribution in [0.1, 0.15) is 32.5 Å². The Bertz CT molecular complexity index is 504. The van der Waals surface area contributed by atoms with Crippen LogP contribution in [0.25, 0.3) is 0 Å². The summed E-state index contributed by atoms with van der Waals surface area (Å²) in [6.45, 7) is 7.54. The highest BCUT2D eigenvalue weighted by Crippen LogP contribution is 2.14. The Morgan fingerprint density at radius 3 is 2.17 bits per heavy atom. The van der Waals surface area contributed by atoms with Gasteiger partial charge in [0.2, 0.25) is 0 Å². The summed E-state index contributed by atoms with van der Waals surface area (Å²) in [5, 5.41) is 7.16. The zero-order valence-electron chi connectivity index (χ0n) is 13.9. The zero-order chi connectivity index (χ0) is 17.2. The van der Waals surface area contributed by atoms with E-state index in [0.717, 1.165) is 18.8 Å². The van der Waals surface area contributed by atoms with Crippen LogP contribution in [0.5, 0.6) is 0 Å². The first-order valence-corrected chi connectivity index (χ1v) is 8.36. The SMILES string of the molecule is CCNC(=S)NNC(C)C(NNC(=S)NCC)c1cncn1C. The molecule has 2 atom stereocenters. The quantitative estimate of drug-likeness (QED) is 0.280. The third-order valence-electron chi connectivity index (χ3n) is 3.10. The Balaban J connectivity index is 2.69. The van der Waals surface area contributed by atoms with Crippen molar-refractivity contribution in [2.75, 3.05) is 13.1 Å². The first-order chi connectivity index (χ1) is 11.0. The van der Waals surface area contributed by atoms with Crippen molar-refractivity contribution < 1.29 is 0 Å². The molecule has 0 aliphatic rings. The number of imidazole rings is 1. The fourth-order valence-corrected chi connectivity index (χ4v) is 2.34. The van der Waals surface area contributed by atoms with E-state index in [1.54, 1.807) is 6.33 Å². The van der Waals surface area contributed by atoms with E-state index in [2.05, 4.69) is 37.3 Å². The second-order valence-electron chi connectivity index (χ2n) is 4.95. The maximum absolute atomic E-state index is 5.19.